The zero-order valence-electron chi connectivity index (χ0n) is 14.1. The van der Waals surface area contributed by atoms with Crippen molar-refractivity contribution in [3.05, 3.63) is 78.6 Å². The van der Waals surface area contributed by atoms with E-state index < -0.39 is 0 Å². The number of nitrogens with zero attached hydrogens (tertiary/aromatic N) is 2. The van der Waals surface area contributed by atoms with Crippen molar-refractivity contribution in [1.82, 2.24) is 14.3 Å². The van der Waals surface area contributed by atoms with Gasteiger partial charge in [0.05, 0.1) is 4.70 Å². The van der Waals surface area contributed by atoms with Crippen LogP contribution in [0.4, 0.5) is 5.82 Å². The lowest BCUT2D eigenvalue weighted by atomic mass is 10.2. The van der Waals surface area contributed by atoms with E-state index in [0.717, 1.165) is 21.6 Å². The number of amides is 1. The van der Waals surface area contributed by atoms with E-state index in [1.807, 2.05) is 71.6 Å². The standard InChI is InChI=1S/C20H18N4OS/c25-20(15-7-9-16(10-8-15)24-13-3-4-14-24)22-12-11-21-19-17-5-1-2-6-18(17)26-23-19/h1-10,13-14H,11-12H2,(H,21,23)(H,22,25). The van der Waals surface area contributed by atoms with Gasteiger partial charge in [-0.1, -0.05) is 12.1 Å². The van der Waals surface area contributed by atoms with E-state index >= 15 is 0 Å². The zero-order valence-corrected chi connectivity index (χ0v) is 14.9. The first-order valence-corrected chi connectivity index (χ1v) is 9.18. The van der Waals surface area contributed by atoms with E-state index in [2.05, 4.69) is 21.1 Å². The summed E-state index contributed by atoms with van der Waals surface area (Å²) in [6.45, 7) is 1.16. The fourth-order valence-electron chi connectivity index (χ4n) is 2.76. The molecular formula is C20H18N4OS. The molecule has 6 heteroatoms. The van der Waals surface area contributed by atoms with Crippen LogP contribution < -0.4 is 10.6 Å². The van der Waals surface area contributed by atoms with Crippen LogP contribution >= 0.6 is 11.5 Å². The topological polar surface area (TPSA) is 59.0 Å². The van der Waals surface area contributed by atoms with Gasteiger partial charge in [-0.05, 0) is 60.1 Å². The summed E-state index contributed by atoms with van der Waals surface area (Å²) in [6.07, 6.45) is 3.95. The minimum absolute atomic E-state index is 0.0750. The number of aromatic nitrogens is 2. The highest BCUT2D eigenvalue weighted by molar-refractivity contribution is 7.13. The molecule has 2 aromatic carbocycles. The molecule has 2 N–H and O–H groups in total. The minimum Gasteiger partial charge on any atom is -0.367 e. The molecule has 4 aromatic rings. The lowest BCUT2D eigenvalue weighted by Crippen LogP contribution is -2.28. The third-order valence-corrected chi connectivity index (χ3v) is 4.94. The van der Waals surface area contributed by atoms with E-state index in [9.17, 15) is 4.79 Å². The van der Waals surface area contributed by atoms with Crippen LogP contribution in [0.15, 0.2) is 73.1 Å². The van der Waals surface area contributed by atoms with Gasteiger partial charge >= 0.3 is 0 Å². The van der Waals surface area contributed by atoms with Gasteiger partial charge in [-0.2, -0.15) is 4.37 Å². The number of rotatable bonds is 6. The Morgan fingerprint density at radius 3 is 2.54 bits per heavy atom. The predicted molar refractivity (Wildman–Crippen MR) is 106 cm³/mol. The van der Waals surface area contributed by atoms with Gasteiger partial charge in [-0.25, -0.2) is 0 Å². The SMILES string of the molecule is O=C(NCCNc1nsc2ccccc12)c1ccc(-n2cccc2)cc1. The van der Waals surface area contributed by atoms with E-state index in [0.29, 0.717) is 18.7 Å². The first kappa shape index (κ1) is 16.4. The Kier molecular flexibility index (Phi) is 4.66. The lowest BCUT2D eigenvalue weighted by molar-refractivity contribution is 0.0955. The smallest absolute Gasteiger partial charge is 0.251 e. The molecule has 4 rings (SSSR count). The van der Waals surface area contributed by atoms with Crippen LogP contribution in [0, 0.1) is 0 Å². The van der Waals surface area contributed by atoms with Crippen LogP contribution in [-0.2, 0) is 0 Å². The van der Waals surface area contributed by atoms with Crippen molar-refractivity contribution in [2.24, 2.45) is 0 Å². The number of hydrogen-bond donors (Lipinski definition) is 2. The van der Waals surface area contributed by atoms with Crippen molar-refractivity contribution >= 4 is 33.3 Å². The summed E-state index contributed by atoms with van der Waals surface area (Å²) in [5.41, 5.74) is 1.68. The average Bonchev–Trinajstić information content (AvgIpc) is 3.35. The zero-order chi connectivity index (χ0) is 17.8. The minimum atomic E-state index is -0.0750. The molecule has 26 heavy (non-hydrogen) atoms. The molecule has 0 spiro atoms. The van der Waals surface area contributed by atoms with E-state index in [-0.39, 0.29) is 5.91 Å². The Hall–Kier alpha value is -3.12. The summed E-state index contributed by atoms with van der Waals surface area (Å²) < 4.78 is 7.58. The molecule has 0 saturated heterocycles. The highest BCUT2D eigenvalue weighted by Crippen LogP contribution is 2.25. The highest BCUT2D eigenvalue weighted by Gasteiger charge is 2.07. The first-order chi connectivity index (χ1) is 12.8. The second-order valence-corrected chi connectivity index (χ2v) is 6.65. The van der Waals surface area contributed by atoms with Crippen molar-refractivity contribution in [3.8, 4) is 5.69 Å². The number of carbonyl (C=O) groups excluding carboxylic acids is 1. The Labute approximate surface area is 155 Å². The van der Waals surface area contributed by atoms with Crippen LogP contribution in [0.5, 0.6) is 0 Å². The summed E-state index contributed by atoms with van der Waals surface area (Å²) in [6, 6.07) is 19.6. The molecule has 0 fully saturated rings. The van der Waals surface area contributed by atoms with Crippen LogP contribution in [0.3, 0.4) is 0 Å². The van der Waals surface area contributed by atoms with Gasteiger partial charge in [0.15, 0.2) is 0 Å². The molecule has 130 valence electrons. The molecule has 0 radical (unpaired) electrons. The third-order valence-electron chi connectivity index (χ3n) is 4.11. The molecule has 0 saturated carbocycles. The molecule has 5 nitrogen and oxygen atoms in total. The second kappa shape index (κ2) is 7.41. The molecule has 0 bridgehead atoms. The maximum Gasteiger partial charge on any atom is 0.251 e. The Morgan fingerprint density at radius 2 is 1.73 bits per heavy atom. The third kappa shape index (κ3) is 3.45. The van der Waals surface area contributed by atoms with Crippen LogP contribution in [0.25, 0.3) is 15.8 Å². The van der Waals surface area contributed by atoms with E-state index in [1.165, 1.54) is 11.5 Å². The highest BCUT2D eigenvalue weighted by atomic mass is 32.1. The maximum absolute atomic E-state index is 12.3. The Balaban J connectivity index is 1.30. The molecular weight excluding hydrogens is 344 g/mol. The van der Waals surface area contributed by atoms with Gasteiger partial charge in [-0.15, -0.1) is 0 Å². The van der Waals surface area contributed by atoms with Crippen LogP contribution in [0.1, 0.15) is 10.4 Å². The molecule has 2 aromatic heterocycles. The fourth-order valence-corrected chi connectivity index (χ4v) is 3.52. The predicted octanol–water partition coefficient (Wildman–Crippen LogP) is 3.93. The average molecular weight is 362 g/mol. The van der Waals surface area contributed by atoms with Gasteiger partial charge in [0.2, 0.25) is 0 Å². The summed E-state index contributed by atoms with van der Waals surface area (Å²) in [5.74, 6) is 0.796. The summed E-state index contributed by atoms with van der Waals surface area (Å²) in [4.78, 5) is 12.3. The van der Waals surface area contributed by atoms with Gasteiger partial charge in [-0.3, -0.25) is 4.79 Å². The van der Waals surface area contributed by atoms with E-state index in [4.69, 9.17) is 0 Å². The number of hydrogen-bond acceptors (Lipinski definition) is 4. The lowest BCUT2D eigenvalue weighted by Gasteiger charge is -2.08. The van der Waals surface area contributed by atoms with Crippen molar-refractivity contribution in [2.75, 3.05) is 18.4 Å². The summed E-state index contributed by atoms with van der Waals surface area (Å²) >= 11 is 1.47. The van der Waals surface area contributed by atoms with Gasteiger partial charge < -0.3 is 15.2 Å². The van der Waals surface area contributed by atoms with Crippen LogP contribution in [-0.4, -0.2) is 27.9 Å². The second-order valence-electron chi connectivity index (χ2n) is 5.85. The Morgan fingerprint density at radius 1 is 0.962 bits per heavy atom. The van der Waals surface area contributed by atoms with Crippen molar-refractivity contribution < 1.29 is 4.79 Å². The van der Waals surface area contributed by atoms with Crippen molar-refractivity contribution in [1.29, 1.82) is 0 Å². The number of carbonyl (C=O) groups is 1. The molecule has 0 atom stereocenters. The van der Waals surface area contributed by atoms with Crippen LogP contribution in [0.2, 0.25) is 0 Å². The fraction of sp³-hybridized carbons (Fsp3) is 0.100. The maximum atomic E-state index is 12.3. The molecule has 2 heterocycles. The molecule has 1 amide bonds. The molecule has 0 aliphatic carbocycles. The monoisotopic (exact) mass is 362 g/mol. The number of nitrogens with one attached hydrogen (secondary N) is 2. The normalized spacial score (nSPS) is 10.8. The van der Waals surface area contributed by atoms with Gasteiger partial charge in [0.25, 0.3) is 5.91 Å². The molecule has 0 unspecified atom stereocenters. The quantitative estimate of drug-likeness (QED) is 0.511. The Bertz CT molecular complexity index is 1010. The van der Waals surface area contributed by atoms with Gasteiger partial charge in [0.1, 0.15) is 5.82 Å². The van der Waals surface area contributed by atoms with Gasteiger partial charge in [0, 0.05) is 42.1 Å². The molecule has 0 aliphatic rings. The summed E-state index contributed by atoms with van der Waals surface area (Å²) in [7, 11) is 0. The first-order valence-electron chi connectivity index (χ1n) is 8.41. The number of fused-ring (bicyclic) bond motifs is 1. The largest absolute Gasteiger partial charge is 0.367 e. The van der Waals surface area contributed by atoms with Crippen molar-refractivity contribution in [3.63, 3.8) is 0 Å². The van der Waals surface area contributed by atoms with Crippen molar-refractivity contribution in [2.45, 2.75) is 0 Å². The number of benzene rings is 2. The van der Waals surface area contributed by atoms with E-state index in [1.54, 1.807) is 0 Å². The summed E-state index contributed by atoms with van der Waals surface area (Å²) in [5, 5.41) is 7.33. The number of anilines is 1. The molecule has 0 aliphatic heterocycles.